The Labute approximate surface area is 146 Å². The maximum absolute atomic E-state index is 6.29. The number of pyridine rings is 3. The van der Waals surface area contributed by atoms with Gasteiger partial charge in [-0.15, -0.1) is 0 Å². The number of rotatable bonds is 1. The summed E-state index contributed by atoms with van der Waals surface area (Å²) in [7, 11) is 3.89. The minimum Gasteiger partial charge on any atom is -0.376 e. The first-order valence-corrected chi connectivity index (χ1v) is 7.90. The number of hydrogen-bond acceptors (Lipinski definition) is 4. The molecule has 0 atom stereocenters. The van der Waals surface area contributed by atoms with Gasteiger partial charge in [0.05, 0.1) is 22.5 Å². The molecule has 3 rings (SSSR count). The fourth-order valence-corrected chi connectivity index (χ4v) is 2.57. The maximum Gasteiger partial charge on any atom is 0.132 e. The Bertz CT molecular complexity index is 984. The zero-order valence-electron chi connectivity index (χ0n) is 14.1. The summed E-state index contributed by atoms with van der Waals surface area (Å²) in [6, 6.07) is 3.89. The highest BCUT2D eigenvalue weighted by atomic mass is 35.5. The van der Waals surface area contributed by atoms with Gasteiger partial charge in [-0.2, -0.15) is 0 Å². The number of aryl methyl sites for hydroxylation is 2. The van der Waals surface area contributed by atoms with Gasteiger partial charge < -0.3 is 4.90 Å². The van der Waals surface area contributed by atoms with Crippen molar-refractivity contribution in [2.45, 2.75) is 13.8 Å². The molecule has 120 valence electrons. The van der Waals surface area contributed by atoms with Crippen LogP contribution in [0.1, 0.15) is 22.6 Å². The van der Waals surface area contributed by atoms with E-state index in [2.05, 4.69) is 26.8 Å². The molecule has 4 nitrogen and oxygen atoms in total. The minimum absolute atomic E-state index is 0.538. The van der Waals surface area contributed by atoms with E-state index < -0.39 is 0 Å². The molecule has 0 aliphatic heterocycles. The summed E-state index contributed by atoms with van der Waals surface area (Å²) in [6.07, 6.45) is 5.39. The largest absolute Gasteiger partial charge is 0.376 e. The van der Waals surface area contributed by atoms with E-state index in [4.69, 9.17) is 11.6 Å². The average molecular weight is 337 g/mol. The predicted molar refractivity (Wildman–Crippen MR) is 98.6 cm³/mol. The summed E-state index contributed by atoms with van der Waals surface area (Å²) in [6.45, 7) is 3.93. The van der Waals surface area contributed by atoms with E-state index in [0.717, 1.165) is 33.4 Å². The van der Waals surface area contributed by atoms with Gasteiger partial charge in [-0.05, 0) is 31.9 Å². The fourth-order valence-electron chi connectivity index (χ4n) is 2.36. The molecule has 3 aromatic heterocycles. The number of nitrogens with zero attached hydrogens (tertiary/aromatic N) is 4. The van der Waals surface area contributed by atoms with Gasteiger partial charge in [0.25, 0.3) is 0 Å². The SMILES string of the molecule is Cc1cc2c(C#Cc3ncc(N(C)C)cc3Cl)cnc(C)c2cn1. The van der Waals surface area contributed by atoms with E-state index >= 15 is 0 Å². The fraction of sp³-hybridized carbons (Fsp3) is 0.211. The molecule has 0 saturated heterocycles. The van der Waals surface area contributed by atoms with Crippen molar-refractivity contribution in [3.63, 3.8) is 0 Å². The van der Waals surface area contributed by atoms with Crippen molar-refractivity contribution in [3.8, 4) is 11.8 Å². The molecule has 0 fully saturated rings. The van der Waals surface area contributed by atoms with Crippen LogP contribution in [0.2, 0.25) is 5.02 Å². The van der Waals surface area contributed by atoms with Crippen LogP contribution in [-0.4, -0.2) is 29.0 Å². The van der Waals surface area contributed by atoms with Crippen LogP contribution in [0.15, 0.2) is 30.7 Å². The van der Waals surface area contributed by atoms with Crippen molar-refractivity contribution in [1.29, 1.82) is 0 Å². The van der Waals surface area contributed by atoms with Crippen LogP contribution in [0.4, 0.5) is 5.69 Å². The third-order valence-electron chi connectivity index (χ3n) is 3.77. The summed E-state index contributed by atoms with van der Waals surface area (Å²) in [4.78, 5) is 15.0. The Hall–Kier alpha value is -2.64. The molecule has 0 bridgehead atoms. The number of anilines is 1. The third kappa shape index (κ3) is 3.17. The molecule has 0 spiro atoms. The van der Waals surface area contributed by atoms with Crippen molar-refractivity contribution >= 4 is 28.1 Å². The molecule has 5 heteroatoms. The molecule has 0 aliphatic rings. The Kier molecular flexibility index (Phi) is 4.37. The molecule has 24 heavy (non-hydrogen) atoms. The van der Waals surface area contributed by atoms with Crippen molar-refractivity contribution in [3.05, 3.63) is 58.4 Å². The normalized spacial score (nSPS) is 10.4. The molecular formula is C19H17ClN4. The second-order valence-corrected chi connectivity index (χ2v) is 6.20. The molecule has 3 heterocycles. The van der Waals surface area contributed by atoms with Gasteiger partial charge in [0.1, 0.15) is 5.69 Å². The third-order valence-corrected chi connectivity index (χ3v) is 4.05. The summed E-state index contributed by atoms with van der Waals surface area (Å²) in [5.41, 5.74) is 4.23. The van der Waals surface area contributed by atoms with Crippen molar-refractivity contribution in [2.75, 3.05) is 19.0 Å². The van der Waals surface area contributed by atoms with Gasteiger partial charge in [0, 0.05) is 48.6 Å². The molecule has 0 unspecified atom stereocenters. The molecule has 0 aromatic carbocycles. The standard InChI is InChI=1S/C19H17ClN4/c1-12-7-16-14(9-22-13(2)17(16)11-21-12)5-6-19-18(20)8-15(10-23-19)24(3)4/h7-11H,1-4H3. The minimum atomic E-state index is 0.538. The zero-order valence-corrected chi connectivity index (χ0v) is 14.8. The lowest BCUT2D eigenvalue weighted by molar-refractivity contribution is 1.11. The van der Waals surface area contributed by atoms with Gasteiger partial charge in [0.15, 0.2) is 0 Å². The van der Waals surface area contributed by atoms with Crippen molar-refractivity contribution in [1.82, 2.24) is 15.0 Å². The number of fused-ring (bicyclic) bond motifs is 1. The Morgan fingerprint density at radius 2 is 1.71 bits per heavy atom. The van der Waals surface area contributed by atoms with Gasteiger partial charge in [-0.3, -0.25) is 9.97 Å². The summed E-state index contributed by atoms with van der Waals surface area (Å²) >= 11 is 6.29. The second-order valence-electron chi connectivity index (χ2n) is 5.80. The van der Waals surface area contributed by atoms with Crippen molar-refractivity contribution < 1.29 is 0 Å². The van der Waals surface area contributed by atoms with E-state index in [0.29, 0.717) is 10.7 Å². The van der Waals surface area contributed by atoms with Crippen molar-refractivity contribution in [2.24, 2.45) is 0 Å². The van der Waals surface area contributed by atoms with Gasteiger partial charge >= 0.3 is 0 Å². The molecule has 0 aliphatic carbocycles. The van der Waals surface area contributed by atoms with E-state index in [9.17, 15) is 0 Å². The average Bonchev–Trinajstić information content (AvgIpc) is 2.55. The second kappa shape index (κ2) is 6.46. The first-order valence-electron chi connectivity index (χ1n) is 7.52. The van der Waals surface area contributed by atoms with Crippen LogP contribution in [0.5, 0.6) is 0 Å². The quantitative estimate of drug-likeness (QED) is 0.634. The lowest BCUT2D eigenvalue weighted by Gasteiger charge is -2.11. The Balaban J connectivity index is 2.07. The highest BCUT2D eigenvalue weighted by Crippen LogP contribution is 2.22. The molecular weight excluding hydrogens is 320 g/mol. The highest BCUT2D eigenvalue weighted by molar-refractivity contribution is 6.31. The zero-order chi connectivity index (χ0) is 17.3. The topological polar surface area (TPSA) is 41.9 Å². The van der Waals surface area contributed by atoms with E-state index in [-0.39, 0.29) is 0 Å². The van der Waals surface area contributed by atoms with Gasteiger partial charge in [-0.25, -0.2) is 4.98 Å². The lowest BCUT2D eigenvalue weighted by Crippen LogP contribution is -2.09. The first kappa shape index (κ1) is 16.2. The molecule has 0 amide bonds. The maximum atomic E-state index is 6.29. The van der Waals surface area contributed by atoms with E-state index in [1.807, 2.05) is 51.2 Å². The predicted octanol–water partition coefficient (Wildman–Crippen LogP) is 3.76. The van der Waals surface area contributed by atoms with Gasteiger partial charge in [-0.1, -0.05) is 17.5 Å². The summed E-state index contributed by atoms with van der Waals surface area (Å²) < 4.78 is 0. The summed E-state index contributed by atoms with van der Waals surface area (Å²) in [5, 5.41) is 2.59. The first-order chi connectivity index (χ1) is 11.5. The van der Waals surface area contributed by atoms with Crippen LogP contribution in [0, 0.1) is 25.7 Å². The molecule has 0 N–H and O–H groups in total. The summed E-state index contributed by atoms with van der Waals surface area (Å²) in [5.74, 6) is 6.20. The van der Waals surface area contributed by atoms with Crippen LogP contribution >= 0.6 is 11.6 Å². The van der Waals surface area contributed by atoms with Gasteiger partial charge in [0.2, 0.25) is 0 Å². The lowest BCUT2D eigenvalue weighted by atomic mass is 10.1. The number of aromatic nitrogens is 3. The smallest absolute Gasteiger partial charge is 0.132 e. The van der Waals surface area contributed by atoms with E-state index in [1.165, 1.54) is 0 Å². The van der Waals surface area contributed by atoms with E-state index in [1.54, 1.807) is 12.4 Å². The molecule has 0 saturated carbocycles. The Morgan fingerprint density at radius 3 is 2.42 bits per heavy atom. The number of hydrogen-bond donors (Lipinski definition) is 0. The van der Waals surface area contributed by atoms with Crippen LogP contribution < -0.4 is 4.90 Å². The van der Waals surface area contributed by atoms with Crippen LogP contribution in [0.3, 0.4) is 0 Å². The number of halogens is 1. The Morgan fingerprint density at radius 1 is 0.917 bits per heavy atom. The molecule has 0 radical (unpaired) electrons. The van der Waals surface area contributed by atoms with Crippen LogP contribution in [0.25, 0.3) is 10.8 Å². The highest BCUT2D eigenvalue weighted by Gasteiger charge is 2.06. The van der Waals surface area contributed by atoms with Crippen LogP contribution in [-0.2, 0) is 0 Å². The monoisotopic (exact) mass is 336 g/mol. The molecule has 3 aromatic rings.